The van der Waals surface area contributed by atoms with E-state index in [0.717, 1.165) is 41.9 Å². The quantitative estimate of drug-likeness (QED) is 0.648. The van der Waals surface area contributed by atoms with Gasteiger partial charge in [-0.2, -0.15) is 0 Å². The topological polar surface area (TPSA) is 41.0 Å². The van der Waals surface area contributed by atoms with E-state index in [-0.39, 0.29) is 12.1 Å². The lowest BCUT2D eigenvalue weighted by Gasteiger charge is -2.33. The highest BCUT2D eigenvalue weighted by atomic mass is 32.2. The molecular weight excluding hydrogens is 380 g/mol. The maximum atomic E-state index is 5.91. The largest absolute Gasteiger partial charge is 0.496 e. The lowest BCUT2D eigenvalue weighted by Crippen LogP contribution is -2.35. The van der Waals surface area contributed by atoms with E-state index in [9.17, 15) is 0 Å². The lowest BCUT2D eigenvalue weighted by molar-refractivity contribution is 0.249. The van der Waals surface area contributed by atoms with Crippen molar-refractivity contribution in [2.75, 3.05) is 30.9 Å². The fourth-order valence-corrected chi connectivity index (χ4v) is 5.75. The predicted molar refractivity (Wildman–Crippen MR) is 122 cm³/mol. The van der Waals surface area contributed by atoms with Crippen LogP contribution in [0.3, 0.4) is 0 Å². The summed E-state index contributed by atoms with van der Waals surface area (Å²) in [6.07, 6.45) is 2.97. The number of benzene rings is 1. The van der Waals surface area contributed by atoms with Gasteiger partial charge in [0.25, 0.3) is 0 Å². The maximum Gasteiger partial charge on any atom is 0.160 e. The van der Waals surface area contributed by atoms with Crippen LogP contribution in [-0.2, 0) is 0 Å². The van der Waals surface area contributed by atoms with Crippen molar-refractivity contribution in [1.29, 1.82) is 0 Å². The minimum Gasteiger partial charge on any atom is -0.496 e. The first kappa shape index (κ1) is 20.1. The smallest absolute Gasteiger partial charge is 0.160 e. The monoisotopic (exact) mass is 410 g/mol. The molecular formula is C23H30N4OS. The maximum absolute atomic E-state index is 5.91. The second-order valence-electron chi connectivity index (χ2n) is 7.43. The SMILES string of the molecule is CC[C@H]1CSC2=N[C@@H](c3ccccn3)[C@@H](c3ccc(N(CC)CC)cc3OC)N21. The minimum atomic E-state index is -0.0127. The number of amidine groups is 1. The highest BCUT2D eigenvalue weighted by Gasteiger charge is 2.46. The van der Waals surface area contributed by atoms with Crippen molar-refractivity contribution in [1.82, 2.24) is 9.88 Å². The van der Waals surface area contributed by atoms with Crippen LogP contribution in [0.15, 0.2) is 47.6 Å². The highest BCUT2D eigenvalue weighted by molar-refractivity contribution is 8.14. The molecule has 0 radical (unpaired) electrons. The molecule has 5 nitrogen and oxygen atoms in total. The zero-order chi connectivity index (χ0) is 20.4. The van der Waals surface area contributed by atoms with Crippen molar-refractivity contribution in [2.45, 2.75) is 45.3 Å². The van der Waals surface area contributed by atoms with Crippen LogP contribution in [0, 0.1) is 0 Å². The third kappa shape index (κ3) is 3.59. The number of aromatic nitrogens is 1. The highest BCUT2D eigenvalue weighted by Crippen LogP contribution is 2.50. The van der Waals surface area contributed by atoms with Gasteiger partial charge in [-0.25, -0.2) is 0 Å². The average Bonchev–Trinajstić information content (AvgIpc) is 3.34. The molecule has 0 aliphatic carbocycles. The number of ether oxygens (including phenoxy) is 1. The van der Waals surface area contributed by atoms with Crippen molar-refractivity contribution < 1.29 is 4.74 Å². The zero-order valence-electron chi connectivity index (χ0n) is 17.7. The molecule has 0 spiro atoms. The first-order valence-corrected chi connectivity index (χ1v) is 11.5. The van der Waals surface area contributed by atoms with Crippen LogP contribution in [-0.4, -0.2) is 47.0 Å². The van der Waals surface area contributed by atoms with Crippen molar-refractivity contribution in [3.8, 4) is 5.75 Å². The zero-order valence-corrected chi connectivity index (χ0v) is 18.5. The molecule has 3 atom stereocenters. The summed E-state index contributed by atoms with van der Waals surface area (Å²) in [5.74, 6) is 2.03. The number of anilines is 1. The van der Waals surface area contributed by atoms with Gasteiger partial charge >= 0.3 is 0 Å². The summed E-state index contributed by atoms with van der Waals surface area (Å²) >= 11 is 1.87. The fourth-order valence-electron chi connectivity index (χ4n) is 4.42. The Hall–Kier alpha value is -2.21. The number of thioether (sulfide) groups is 1. The third-order valence-electron chi connectivity index (χ3n) is 5.99. The first-order chi connectivity index (χ1) is 14.2. The Labute approximate surface area is 178 Å². The number of pyridine rings is 1. The molecule has 1 fully saturated rings. The van der Waals surface area contributed by atoms with Gasteiger partial charge in [-0.1, -0.05) is 30.8 Å². The van der Waals surface area contributed by atoms with Crippen LogP contribution in [0.2, 0.25) is 0 Å². The standard InChI is InChI=1S/C23H30N4OS/c1-5-16-15-29-23-25-21(19-10-8-9-13-24-19)22(27(16)23)18-12-11-17(14-20(18)28-4)26(6-2)7-3/h8-14,16,21-22H,5-7,15H2,1-4H3/t16-,21-,22+/m0/s1. The van der Waals surface area contributed by atoms with Crippen molar-refractivity contribution in [3.63, 3.8) is 0 Å². The normalized spacial score (nSPS) is 23.1. The number of fused-ring (bicyclic) bond motifs is 1. The molecule has 0 unspecified atom stereocenters. The van der Waals surface area contributed by atoms with Gasteiger partial charge in [-0.05, 0) is 38.5 Å². The summed E-state index contributed by atoms with van der Waals surface area (Å²) < 4.78 is 5.91. The van der Waals surface area contributed by atoms with Gasteiger partial charge in [0.15, 0.2) is 5.17 Å². The molecule has 3 heterocycles. The van der Waals surface area contributed by atoms with Gasteiger partial charge in [0.05, 0.1) is 18.8 Å². The van der Waals surface area contributed by atoms with Crippen molar-refractivity contribution in [3.05, 3.63) is 53.9 Å². The second kappa shape index (κ2) is 8.66. The second-order valence-corrected chi connectivity index (χ2v) is 8.42. The molecule has 1 aromatic carbocycles. The van der Waals surface area contributed by atoms with Crippen LogP contribution in [0.25, 0.3) is 0 Å². The number of hydrogen-bond donors (Lipinski definition) is 0. The summed E-state index contributed by atoms with van der Waals surface area (Å²) in [5.41, 5.74) is 3.41. The number of hydrogen-bond acceptors (Lipinski definition) is 6. The molecule has 4 rings (SSSR count). The van der Waals surface area contributed by atoms with E-state index < -0.39 is 0 Å². The Bertz CT molecular complexity index is 868. The van der Waals surface area contributed by atoms with Gasteiger partial charge in [0, 0.05) is 48.4 Å². The Morgan fingerprint density at radius 3 is 2.66 bits per heavy atom. The van der Waals surface area contributed by atoms with Crippen LogP contribution >= 0.6 is 11.8 Å². The van der Waals surface area contributed by atoms with E-state index in [0.29, 0.717) is 6.04 Å². The number of methoxy groups -OCH3 is 1. The van der Waals surface area contributed by atoms with Crippen LogP contribution in [0.5, 0.6) is 5.75 Å². The molecule has 29 heavy (non-hydrogen) atoms. The molecule has 0 N–H and O–H groups in total. The summed E-state index contributed by atoms with van der Waals surface area (Å²) in [6.45, 7) is 8.59. The van der Waals surface area contributed by atoms with Gasteiger partial charge in [-0.15, -0.1) is 0 Å². The first-order valence-electron chi connectivity index (χ1n) is 10.5. The molecule has 6 heteroatoms. The molecule has 0 amide bonds. The molecule has 1 saturated heterocycles. The van der Waals surface area contributed by atoms with E-state index in [4.69, 9.17) is 9.73 Å². The summed E-state index contributed by atoms with van der Waals surface area (Å²) in [6, 6.07) is 13.3. The van der Waals surface area contributed by atoms with E-state index in [2.05, 4.69) is 59.8 Å². The van der Waals surface area contributed by atoms with Crippen LogP contribution in [0.4, 0.5) is 5.69 Å². The summed E-state index contributed by atoms with van der Waals surface area (Å²) in [4.78, 5) is 14.6. The van der Waals surface area contributed by atoms with E-state index >= 15 is 0 Å². The Morgan fingerprint density at radius 2 is 2.00 bits per heavy atom. The van der Waals surface area contributed by atoms with Gasteiger partial charge in [0.1, 0.15) is 11.8 Å². The van der Waals surface area contributed by atoms with Crippen molar-refractivity contribution in [2.24, 2.45) is 4.99 Å². The summed E-state index contributed by atoms with van der Waals surface area (Å²) in [5, 5.41) is 1.15. The van der Waals surface area contributed by atoms with Gasteiger partial charge in [0.2, 0.25) is 0 Å². The van der Waals surface area contributed by atoms with E-state index in [1.807, 2.05) is 30.1 Å². The molecule has 154 valence electrons. The number of aliphatic imine (C=N–C) groups is 1. The summed E-state index contributed by atoms with van der Waals surface area (Å²) in [7, 11) is 1.77. The van der Waals surface area contributed by atoms with E-state index in [1.165, 1.54) is 11.3 Å². The average molecular weight is 411 g/mol. The Balaban J connectivity index is 1.79. The predicted octanol–water partition coefficient (Wildman–Crippen LogP) is 4.92. The fraction of sp³-hybridized carbons (Fsp3) is 0.478. The van der Waals surface area contributed by atoms with Crippen LogP contribution in [0.1, 0.15) is 50.5 Å². The minimum absolute atomic E-state index is 0.0127. The molecule has 2 aliphatic rings. The van der Waals surface area contributed by atoms with Crippen molar-refractivity contribution >= 4 is 22.6 Å². The molecule has 2 aliphatic heterocycles. The lowest BCUT2D eigenvalue weighted by atomic mass is 9.94. The number of nitrogens with zero attached hydrogens (tertiary/aromatic N) is 4. The number of rotatable bonds is 7. The van der Waals surface area contributed by atoms with E-state index in [1.54, 1.807) is 7.11 Å². The molecule has 1 aromatic heterocycles. The van der Waals surface area contributed by atoms with Gasteiger partial charge in [-0.3, -0.25) is 9.98 Å². The molecule has 0 saturated carbocycles. The van der Waals surface area contributed by atoms with Gasteiger partial charge < -0.3 is 14.5 Å². The Kier molecular flexibility index (Phi) is 5.99. The molecule has 2 aromatic rings. The molecule has 0 bridgehead atoms. The Morgan fingerprint density at radius 1 is 1.17 bits per heavy atom. The van der Waals surface area contributed by atoms with Crippen LogP contribution < -0.4 is 9.64 Å². The third-order valence-corrected chi connectivity index (χ3v) is 7.12.